The zero-order chi connectivity index (χ0) is 19.4. The number of nitrogens with zero attached hydrogens (tertiary/aromatic N) is 1. The highest BCUT2D eigenvalue weighted by Crippen LogP contribution is 2.30. The van der Waals surface area contributed by atoms with Gasteiger partial charge in [-0.05, 0) is 30.7 Å². The van der Waals surface area contributed by atoms with E-state index in [2.05, 4.69) is 0 Å². The second-order valence-corrected chi connectivity index (χ2v) is 9.71. The Morgan fingerprint density at radius 2 is 1.89 bits per heavy atom. The minimum atomic E-state index is -3.91. The number of carbonyl (C=O) groups excluding carboxylic acids is 2. The van der Waals surface area contributed by atoms with Gasteiger partial charge in [0, 0.05) is 23.9 Å². The molecule has 0 spiro atoms. The van der Waals surface area contributed by atoms with Crippen molar-refractivity contribution in [3.63, 3.8) is 0 Å². The van der Waals surface area contributed by atoms with E-state index in [0.717, 1.165) is 10.5 Å². The quantitative estimate of drug-likeness (QED) is 0.661. The fraction of sp³-hybridized carbons (Fsp3) is 0.556. The molecule has 1 aromatic carbocycles. The number of imide groups is 1. The van der Waals surface area contributed by atoms with Crippen molar-refractivity contribution in [3.8, 4) is 0 Å². The second kappa shape index (κ2) is 8.58. The molecule has 2 aliphatic heterocycles. The Hall–Kier alpha value is -1.64. The summed E-state index contributed by atoms with van der Waals surface area (Å²) in [6.45, 7) is 0.997. The van der Waals surface area contributed by atoms with Gasteiger partial charge < -0.3 is 9.47 Å². The fourth-order valence-corrected chi connectivity index (χ4v) is 4.94. The maximum absolute atomic E-state index is 13.2. The molecule has 7 nitrogen and oxygen atoms in total. The molecular weight excluding hydrogens is 394 g/mol. The molecule has 2 aliphatic rings. The Labute approximate surface area is 163 Å². The molecule has 27 heavy (non-hydrogen) atoms. The van der Waals surface area contributed by atoms with Crippen LogP contribution < -0.4 is 0 Å². The minimum Gasteiger partial charge on any atom is -0.447 e. The van der Waals surface area contributed by atoms with Crippen molar-refractivity contribution in [2.24, 2.45) is 11.8 Å². The zero-order valence-electron chi connectivity index (χ0n) is 14.8. The van der Waals surface area contributed by atoms with E-state index in [1.807, 2.05) is 30.3 Å². The SMILES string of the molecule is O=C1OC[C@@H](Cc2ccccc2)N1C(=O)[C@H](CS(=O)(=O)Cl)C1CCOCC1. The summed E-state index contributed by atoms with van der Waals surface area (Å²) in [4.78, 5) is 26.5. The second-order valence-electron chi connectivity index (χ2n) is 6.89. The van der Waals surface area contributed by atoms with Gasteiger partial charge in [0.1, 0.15) is 6.61 Å². The lowest BCUT2D eigenvalue weighted by atomic mass is 9.86. The number of carbonyl (C=O) groups is 2. The normalized spacial score (nSPS) is 22.5. The minimum absolute atomic E-state index is 0.0909. The molecule has 148 valence electrons. The van der Waals surface area contributed by atoms with Crippen molar-refractivity contribution in [2.45, 2.75) is 25.3 Å². The zero-order valence-corrected chi connectivity index (χ0v) is 16.3. The summed E-state index contributed by atoms with van der Waals surface area (Å²) >= 11 is 0. The molecular formula is C18H22ClNO6S. The molecule has 0 aliphatic carbocycles. The fourth-order valence-electron chi connectivity index (χ4n) is 3.69. The van der Waals surface area contributed by atoms with Crippen molar-refractivity contribution in [3.05, 3.63) is 35.9 Å². The predicted molar refractivity (Wildman–Crippen MR) is 98.8 cm³/mol. The molecule has 2 atom stereocenters. The molecule has 2 heterocycles. The van der Waals surface area contributed by atoms with Gasteiger partial charge in [-0.2, -0.15) is 0 Å². The van der Waals surface area contributed by atoms with Gasteiger partial charge >= 0.3 is 6.09 Å². The standard InChI is InChI=1S/C18H22ClNO6S/c19-27(23,24)12-16(14-6-8-25-9-7-14)17(21)20-15(11-26-18(20)22)10-13-4-2-1-3-5-13/h1-5,14-16H,6-12H2/t15-,16-/m1/s1. The van der Waals surface area contributed by atoms with E-state index in [0.29, 0.717) is 32.5 Å². The van der Waals surface area contributed by atoms with Crippen molar-refractivity contribution in [2.75, 3.05) is 25.6 Å². The first-order valence-electron chi connectivity index (χ1n) is 8.89. The first-order valence-corrected chi connectivity index (χ1v) is 11.4. The van der Waals surface area contributed by atoms with E-state index in [1.165, 1.54) is 0 Å². The van der Waals surface area contributed by atoms with Crippen molar-refractivity contribution in [1.29, 1.82) is 0 Å². The Kier molecular flexibility index (Phi) is 6.39. The third kappa shape index (κ3) is 5.21. The molecule has 1 aromatic rings. The van der Waals surface area contributed by atoms with Gasteiger partial charge in [-0.25, -0.2) is 18.1 Å². The van der Waals surface area contributed by atoms with Gasteiger partial charge in [0.25, 0.3) is 0 Å². The van der Waals surface area contributed by atoms with Gasteiger partial charge in [0.05, 0.1) is 17.7 Å². The monoisotopic (exact) mass is 415 g/mol. The highest BCUT2D eigenvalue weighted by Gasteiger charge is 2.44. The van der Waals surface area contributed by atoms with Gasteiger partial charge in [0.15, 0.2) is 0 Å². The van der Waals surface area contributed by atoms with Crippen LogP contribution in [0.2, 0.25) is 0 Å². The van der Waals surface area contributed by atoms with Crippen molar-refractivity contribution < 1.29 is 27.5 Å². The Balaban J connectivity index is 1.82. The van der Waals surface area contributed by atoms with E-state index in [4.69, 9.17) is 20.2 Å². The molecule has 0 aromatic heterocycles. The van der Waals surface area contributed by atoms with E-state index >= 15 is 0 Å². The Bertz CT molecular complexity index is 778. The van der Waals surface area contributed by atoms with E-state index in [9.17, 15) is 18.0 Å². The molecule has 0 radical (unpaired) electrons. The lowest BCUT2D eigenvalue weighted by Gasteiger charge is -2.31. The van der Waals surface area contributed by atoms with Crippen LogP contribution in [0.1, 0.15) is 18.4 Å². The molecule has 3 rings (SSSR count). The Morgan fingerprint density at radius 3 is 2.52 bits per heavy atom. The number of ether oxygens (including phenoxy) is 2. The first kappa shape index (κ1) is 20.1. The topological polar surface area (TPSA) is 90.0 Å². The Morgan fingerprint density at radius 1 is 1.22 bits per heavy atom. The average molecular weight is 416 g/mol. The highest BCUT2D eigenvalue weighted by molar-refractivity contribution is 8.13. The number of rotatable bonds is 6. The van der Waals surface area contributed by atoms with Gasteiger partial charge in [-0.3, -0.25) is 4.79 Å². The largest absolute Gasteiger partial charge is 0.447 e. The number of halogens is 1. The number of amides is 2. The summed E-state index contributed by atoms with van der Waals surface area (Å²) in [7, 11) is 1.55. The van der Waals surface area contributed by atoms with Crippen molar-refractivity contribution in [1.82, 2.24) is 4.90 Å². The molecule has 2 fully saturated rings. The third-order valence-corrected chi connectivity index (χ3v) is 6.18. The van der Waals surface area contributed by atoms with Crippen molar-refractivity contribution >= 4 is 31.7 Å². The lowest BCUT2D eigenvalue weighted by Crippen LogP contribution is -2.47. The molecule has 0 N–H and O–H groups in total. The van der Waals surface area contributed by atoms with E-state index in [-0.39, 0.29) is 12.5 Å². The van der Waals surface area contributed by atoms with Crippen LogP contribution in [-0.2, 0) is 29.7 Å². The molecule has 2 amide bonds. The molecule has 0 saturated carbocycles. The maximum Gasteiger partial charge on any atom is 0.416 e. The van der Waals surface area contributed by atoms with Crippen LogP contribution >= 0.6 is 10.7 Å². The van der Waals surface area contributed by atoms with Crippen LogP contribution in [0.5, 0.6) is 0 Å². The number of cyclic esters (lactones) is 1. The van der Waals surface area contributed by atoms with Gasteiger partial charge in [-0.1, -0.05) is 30.3 Å². The lowest BCUT2D eigenvalue weighted by molar-refractivity contribution is -0.135. The maximum atomic E-state index is 13.2. The summed E-state index contributed by atoms with van der Waals surface area (Å²) < 4.78 is 33.8. The third-order valence-electron chi connectivity index (χ3n) is 5.04. The van der Waals surface area contributed by atoms with Crippen LogP contribution in [0.4, 0.5) is 4.79 Å². The van der Waals surface area contributed by atoms with Gasteiger partial charge in [0.2, 0.25) is 15.0 Å². The smallest absolute Gasteiger partial charge is 0.416 e. The molecule has 9 heteroatoms. The summed E-state index contributed by atoms with van der Waals surface area (Å²) in [5, 5.41) is 0. The predicted octanol–water partition coefficient (Wildman–Crippen LogP) is 2.19. The van der Waals surface area contributed by atoms with Crippen LogP contribution in [0.25, 0.3) is 0 Å². The molecule has 0 bridgehead atoms. The van der Waals surface area contributed by atoms with Crippen LogP contribution in [0.15, 0.2) is 30.3 Å². The summed E-state index contributed by atoms with van der Waals surface area (Å²) in [5.41, 5.74) is 0.964. The number of hydrogen-bond acceptors (Lipinski definition) is 6. The summed E-state index contributed by atoms with van der Waals surface area (Å²) in [5.74, 6) is -2.12. The average Bonchev–Trinajstić information content (AvgIpc) is 3.00. The summed E-state index contributed by atoms with van der Waals surface area (Å²) in [6.07, 6.45) is 0.821. The first-order chi connectivity index (χ1) is 12.8. The molecule has 2 saturated heterocycles. The highest BCUT2D eigenvalue weighted by atomic mass is 35.7. The van der Waals surface area contributed by atoms with E-state index in [1.54, 1.807) is 0 Å². The van der Waals surface area contributed by atoms with Crippen LogP contribution in [0, 0.1) is 11.8 Å². The van der Waals surface area contributed by atoms with Gasteiger partial charge in [-0.15, -0.1) is 0 Å². The molecule has 0 unspecified atom stereocenters. The summed E-state index contributed by atoms with van der Waals surface area (Å²) in [6, 6.07) is 8.99. The van der Waals surface area contributed by atoms with Crippen LogP contribution in [0.3, 0.4) is 0 Å². The van der Waals surface area contributed by atoms with E-state index < -0.39 is 38.8 Å². The number of benzene rings is 1. The number of hydrogen-bond donors (Lipinski definition) is 0. The van der Waals surface area contributed by atoms with Crippen LogP contribution in [-0.4, -0.2) is 56.9 Å².